The summed E-state index contributed by atoms with van der Waals surface area (Å²) in [5, 5.41) is 14.9. The van der Waals surface area contributed by atoms with Crippen LogP contribution >= 0.6 is 12.2 Å². The molecule has 0 amide bonds. The van der Waals surface area contributed by atoms with Gasteiger partial charge in [0.25, 0.3) is 11.2 Å². The van der Waals surface area contributed by atoms with Gasteiger partial charge in [0, 0.05) is 73.7 Å². The average Bonchev–Trinajstić information content (AvgIpc) is 3.56. The fraction of sp³-hybridized carbons (Fsp3) is 0.306. The zero-order chi connectivity index (χ0) is 34.5. The number of hydrogen-bond donors (Lipinski definition) is 1. The molecule has 1 aliphatic rings. The standard InChI is InChI=1S/C36H37N7O5S/c1-3-4-9-32-37-24(2)31(22-33(49)41-20-18-40(19-21-41)27-14-16-28(17-15-27)43(46)47)35(44)42(32)23-25-10-12-26(13-11-25)29-7-5-6-8-30(29)34-38-36(45)48-39-34/h5-8,10-17H,3-4,9,18-23H2,1-2H3,(H,38,39,45). The number of nitrogens with zero attached hydrogens (tertiary/aromatic N) is 6. The van der Waals surface area contributed by atoms with E-state index < -0.39 is 10.7 Å². The summed E-state index contributed by atoms with van der Waals surface area (Å²) in [5.41, 5.74) is 5.77. The number of non-ortho nitro benzene ring substituents is 1. The van der Waals surface area contributed by atoms with E-state index in [-0.39, 0.29) is 11.2 Å². The highest BCUT2D eigenvalue weighted by molar-refractivity contribution is 7.80. The molecule has 12 nitrogen and oxygen atoms in total. The number of anilines is 1. The average molecular weight is 680 g/mol. The molecule has 0 bridgehead atoms. The van der Waals surface area contributed by atoms with Gasteiger partial charge in [0.05, 0.1) is 16.5 Å². The van der Waals surface area contributed by atoms with E-state index in [2.05, 4.69) is 26.9 Å². The topological polar surface area (TPSA) is 143 Å². The normalized spacial score (nSPS) is 13.1. The van der Waals surface area contributed by atoms with Gasteiger partial charge >= 0.3 is 5.76 Å². The number of thiocarbonyl (C=S) groups is 1. The molecule has 0 atom stereocenters. The lowest BCUT2D eigenvalue weighted by atomic mass is 9.98. The van der Waals surface area contributed by atoms with Crippen molar-refractivity contribution in [1.82, 2.24) is 24.6 Å². The van der Waals surface area contributed by atoms with Gasteiger partial charge in [0.2, 0.25) is 0 Å². The van der Waals surface area contributed by atoms with Crippen LogP contribution in [0.3, 0.4) is 0 Å². The van der Waals surface area contributed by atoms with E-state index in [1.165, 1.54) is 12.1 Å². The molecule has 1 fully saturated rings. The molecular weight excluding hydrogens is 643 g/mol. The van der Waals surface area contributed by atoms with Gasteiger partial charge in [-0.25, -0.2) is 9.78 Å². The smallest absolute Gasteiger partial charge is 0.368 e. The van der Waals surface area contributed by atoms with Gasteiger partial charge in [-0.2, -0.15) is 0 Å². The Kier molecular flexibility index (Phi) is 10.1. The van der Waals surface area contributed by atoms with Crippen molar-refractivity contribution in [2.24, 2.45) is 0 Å². The molecule has 5 aromatic rings. The lowest BCUT2D eigenvalue weighted by Crippen LogP contribution is -2.49. The van der Waals surface area contributed by atoms with Crippen molar-refractivity contribution in [3.8, 4) is 22.5 Å². The number of piperazine rings is 1. The van der Waals surface area contributed by atoms with E-state index in [0.717, 1.165) is 46.6 Å². The largest absolute Gasteiger partial charge is 0.439 e. The van der Waals surface area contributed by atoms with Crippen LogP contribution in [0.25, 0.3) is 22.5 Å². The van der Waals surface area contributed by atoms with Gasteiger partial charge in [-0.15, -0.1) is 0 Å². The molecule has 6 rings (SSSR count). The quantitative estimate of drug-likeness (QED) is 0.107. The van der Waals surface area contributed by atoms with Crippen molar-refractivity contribution in [3.63, 3.8) is 0 Å². The molecule has 3 heterocycles. The number of unbranched alkanes of at least 4 members (excludes halogenated alkanes) is 1. The lowest BCUT2D eigenvalue weighted by Gasteiger charge is -2.37. The number of benzene rings is 3. The van der Waals surface area contributed by atoms with Gasteiger partial charge in [-0.05, 0) is 42.2 Å². The van der Waals surface area contributed by atoms with Gasteiger partial charge in [-0.1, -0.05) is 79.3 Å². The Morgan fingerprint density at radius 2 is 1.67 bits per heavy atom. The highest BCUT2D eigenvalue weighted by Crippen LogP contribution is 2.30. The maximum atomic E-state index is 14.1. The van der Waals surface area contributed by atoms with Crippen LogP contribution in [-0.4, -0.2) is 60.7 Å². The molecule has 3 aromatic carbocycles. The van der Waals surface area contributed by atoms with Gasteiger partial charge in [0.1, 0.15) is 5.82 Å². The van der Waals surface area contributed by atoms with Gasteiger partial charge < -0.3 is 9.80 Å². The van der Waals surface area contributed by atoms with Crippen LogP contribution in [0.1, 0.15) is 42.4 Å². The van der Waals surface area contributed by atoms with Crippen molar-refractivity contribution in [2.45, 2.75) is 46.1 Å². The van der Waals surface area contributed by atoms with Crippen LogP contribution in [0.4, 0.5) is 11.4 Å². The van der Waals surface area contributed by atoms with Crippen molar-refractivity contribution in [3.05, 3.63) is 126 Å². The molecule has 0 spiro atoms. The summed E-state index contributed by atoms with van der Waals surface area (Å²) >= 11 is 5.89. The first-order valence-electron chi connectivity index (χ1n) is 16.3. The van der Waals surface area contributed by atoms with Crippen LogP contribution in [0.5, 0.6) is 0 Å². The molecule has 13 heteroatoms. The van der Waals surface area contributed by atoms with E-state index >= 15 is 0 Å². The minimum absolute atomic E-state index is 0.0698. The Labute approximate surface area is 288 Å². The van der Waals surface area contributed by atoms with Crippen LogP contribution in [-0.2, 0) is 19.4 Å². The number of aromatic amines is 1. The number of nitrogens with one attached hydrogen (secondary N) is 1. The number of nitro benzene ring substituents is 1. The number of rotatable bonds is 11. The summed E-state index contributed by atoms with van der Waals surface area (Å²) in [5.74, 6) is 0.512. The van der Waals surface area contributed by atoms with Gasteiger partial charge in [0.15, 0.2) is 5.82 Å². The van der Waals surface area contributed by atoms with E-state index in [0.29, 0.717) is 67.6 Å². The number of aromatic nitrogens is 4. The van der Waals surface area contributed by atoms with Crippen molar-refractivity contribution in [2.75, 3.05) is 31.1 Å². The third-order valence-electron chi connectivity index (χ3n) is 8.92. The number of aryl methyl sites for hydroxylation is 2. The molecule has 1 N–H and O–H groups in total. The summed E-state index contributed by atoms with van der Waals surface area (Å²) in [4.78, 5) is 48.9. The highest BCUT2D eigenvalue weighted by atomic mass is 32.1. The summed E-state index contributed by atoms with van der Waals surface area (Å²) in [6.07, 6.45) is 2.93. The van der Waals surface area contributed by atoms with E-state index in [9.17, 15) is 19.7 Å². The first kappa shape index (κ1) is 33.5. The fourth-order valence-electron chi connectivity index (χ4n) is 6.17. The van der Waals surface area contributed by atoms with Crippen LogP contribution in [0.2, 0.25) is 0 Å². The van der Waals surface area contributed by atoms with Crippen LogP contribution < -0.4 is 16.2 Å². The van der Waals surface area contributed by atoms with Crippen LogP contribution in [0, 0.1) is 17.0 Å². The van der Waals surface area contributed by atoms with E-state index in [1.807, 2.05) is 55.5 Å². The number of H-pyrrole nitrogens is 1. The van der Waals surface area contributed by atoms with E-state index in [4.69, 9.17) is 21.7 Å². The second kappa shape index (κ2) is 14.8. The molecule has 0 radical (unpaired) electrons. The zero-order valence-electron chi connectivity index (χ0n) is 27.4. The maximum absolute atomic E-state index is 14.1. The molecular formula is C36H37N7O5S. The number of hydrogen-bond acceptors (Lipinski definition) is 9. The van der Waals surface area contributed by atoms with Crippen molar-refractivity contribution >= 4 is 28.6 Å². The number of nitro groups is 1. The lowest BCUT2D eigenvalue weighted by molar-refractivity contribution is -0.384. The summed E-state index contributed by atoms with van der Waals surface area (Å²) in [6.45, 7) is 7.19. The first-order chi connectivity index (χ1) is 23.7. The monoisotopic (exact) mass is 679 g/mol. The molecule has 0 unspecified atom stereocenters. The minimum Gasteiger partial charge on any atom is -0.368 e. The molecule has 252 valence electrons. The first-order valence-corrected chi connectivity index (χ1v) is 16.7. The SMILES string of the molecule is CCCCc1nc(C)c(CC(=S)N2CCN(c3ccc([N+](=O)[O-])cc3)CC2)c(=O)n1Cc1ccc(-c2ccccc2-c2noc(=O)[nH]2)cc1. The predicted octanol–water partition coefficient (Wildman–Crippen LogP) is 5.55. The van der Waals surface area contributed by atoms with E-state index in [1.54, 1.807) is 16.7 Å². The van der Waals surface area contributed by atoms with Crippen molar-refractivity contribution in [1.29, 1.82) is 0 Å². The second-order valence-corrected chi connectivity index (χ2v) is 12.6. The molecule has 2 aromatic heterocycles. The van der Waals surface area contributed by atoms with Crippen molar-refractivity contribution < 1.29 is 9.45 Å². The highest BCUT2D eigenvalue weighted by Gasteiger charge is 2.23. The predicted molar refractivity (Wildman–Crippen MR) is 192 cm³/mol. The minimum atomic E-state index is -0.612. The maximum Gasteiger partial charge on any atom is 0.439 e. The molecule has 0 aliphatic carbocycles. The Hall–Kier alpha value is -5.43. The van der Waals surface area contributed by atoms with Crippen LogP contribution in [0.15, 0.2) is 86.9 Å². The molecule has 1 aliphatic heterocycles. The summed E-state index contributed by atoms with van der Waals surface area (Å²) in [6, 6.07) is 22.2. The Morgan fingerprint density at radius 1 is 0.980 bits per heavy atom. The Bertz CT molecular complexity index is 2080. The third kappa shape index (κ3) is 7.51. The molecule has 1 saturated heterocycles. The Morgan fingerprint density at radius 3 is 2.31 bits per heavy atom. The Balaban J connectivity index is 1.19. The summed E-state index contributed by atoms with van der Waals surface area (Å²) in [7, 11) is 0. The fourth-order valence-corrected chi connectivity index (χ4v) is 6.50. The molecule has 49 heavy (non-hydrogen) atoms. The zero-order valence-corrected chi connectivity index (χ0v) is 28.2. The van der Waals surface area contributed by atoms with Gasteiger partial charge in [-0.3, -0.25) is 29.0 Å². The third-order valence-corrected chi connectivity index (χ3v) is 9.32. The summed E-state index contributed by atoms with van der Waals surface area (Å²) < 4.78 is 6.51. The molecule has 0 saturated carbocycles. The second-order valence-electron chi connectivity index (χ2n) is 12.1.